The Hall–Kier alpha value is -2.15. The van der Waals surface area contributed by atoms with E-state index in [1.165, 1.54) is 19.1 Å². The highest BCUT2D eigenvalue weighted by molar-refractivity contribution is 6.32. The molecule has 1 saturated carbocycles. The van der Waals surface area contributed by atoms with Gasteiger partial charge in [0.2, 0.25) is 0 Å². The van der Waals surface area contributed by atoms with Gasteiger partial charge in [-0.15, -0.1) is 0 Å². The zero-order valence-corrected chi connectivity index (χ0v) is 11.9. The first-order chi connectivity index (χ1) is 9.75. The molecule has 0 saturated heterocycles. The Morgan fingerprint density at radius 3 is 2.57 bits per heavy atom. The Balaban J connectivity index is 2.26. The molecule has 1 amide bonds. The second-order valence-electron chi connectivity index (χ2n) is 5.16. The number of hydrogen-bond donors (Lipinski definition) is 2. The average molecular weight is 313 g/mol. The zero-order chi connectivity index (χ0) is 15.8. The quantitative estimate of drug-likeness (QED) is 0.640. The SMILES string of the molecule is CC(NC(=O)c1ccc(Cl)c([N+](=O)[O-])c1)(C(=O)O)C1CC1. The van der Waals surface area contributed by atoms with Gasteiger partial charge in [0.1, 0.15) is 10.6 Å². The summed E-state index contributed by atoms with van der Waals surface area (Å²) in [6.45, 7) is 1.44. The number of nitro benzene ring substituents is 1. The number of nitrogens with one attached hydrogen (secondary N) is 1. The molecule has 21 heavy (non-hydrogen) atoms. The molecule has 1 aliphatic carbocycles. The van der Waals surface area contributed by atoms with E-state index < -0.39 is 28.0 Å². The van der Waals surface area contributed by atoms with E-state index in [2.05, 4.69) is 5.32 Å². The van der Waals surface area contributed by atoms with Crippen molar-refractivity contribution in [2.24, 2.45) is 5.92 Å². The summed E-state index contributed by atoms with van der Waals surface area (Å²) >= 11 is 5.67. The first-order valence-corrected chi connectivity index (χ1v) is 6.63. The molecule has 1 fully saturated rings. The monoisotopic (exact) mass is 312 g/mol. The van der Waals surface area contributed by atoms with Crippen molar-refractivity contribution in [3.63, 3.8) is 0 Å². The summed E-state index contributed by atoms with van der Waals surface area (Å²) in [7, 11) is 0. The molecule has 0 heterocycles. The highest BCUT2D eigenvalue weighted by Crippen LogP contribution is 2.40. The van der Waals surface area contributed by atoms with Gasteiger partial charge < -0.3 is 10.4 Å². The molecule has 0 aliphatic heterocycles. The van der Waals surface area contributed by atoms with E-state index in [1.807, 2.05) is 0 Å². The lowest BCUT2D eigenvalue weighted by molar-refractivity contribution is -0.384. The van der Waals surface area contributed by atoms with Crippen LogP contribution in [-0.4, -0.2) is 27.4 Å². The van der Waals surface area contributed by atoms with Crippen LogP contribution < -0.4 is 5.32 Å². The van der Waals surface area contributed by atoms with Crippen LogP contribution in [0.3, 0.4) is 0 Å². The number of nitro groups is 1. The summed E-state index contributed by atoms with van der Waals surface area (Å²) in [5.41, 5.74) is -1.77. The van der Waals surface area contributed by atoms with E-state index >= 15 is 0 Å². The van der Waals surface area contributed by atoms with Crippen LogP contribution in [0.15, 0.2) is 18.2 Å². The Morgan fingerprint density at radius 2 is 2.10 bits per heavy atom. The van der Waals surface area contributed by atoms with Gasteiger partial charge in [0, 0.05) is 11.6 Å². The number of halogens is 1. The van der Waals surface area contributed by atoms with Gasteiger partial charge in [-0.1, -0.05) is 11.6 Å². The van der Waals surface area contributed by atoms with Gasteiger partial charge >= 0.3 is 5.97 Å². The summed E-state index contributed by atoms with van der Waals surface area (Å²) in [5.74, 6) is -1.92. The van der Waals surface area contributed by atoms with E-state index in [4.69, 9.17) is 11.6 Å². The smallest absolute Gasteiger partial charge is 0.329 e. The van der Waals surface area contributed by atoms with Crippen molar-refractivity contribution in [3.8, 4) is 0 Å². The maximum atomic E-state index is 12.1. The number of amides is 1. The molecule has 2 rings (SSSR count). The van der Waals surface area contributed by atoms with Crippen molar-refractivity contribution < 1.29 is 19.6 Å². The second-order valence-corrected chi connectivity index (χ2v) is 5.57. The lowest BCUT2D eigenvalue weighted by atomic mass is 9.95. The minimum absolute atomic E-state index is 0.000718. The Kier molecular flexibility index (Phi) is 3.87. The number of aliphatic carboxylic acids is 1. The molecule has 8 heteroatoms. The maximum Gasteiger partial charge on any atom is 0.329 e. The summed E-state index contributed by atoms with van der Waals surface area (Å²) in [6.07, 6.45) is 1.45. The van der Waals surface area contributed by atoms with Crippen LogP contribution in [0.5, 0.6) is 0 Å². The molecule has 1 aliphatic rings. The van der Waals surface area contributed by atoms with Gasteiger partial charge in [-0.2, -0.15) is 0 Å². The number of nitrogens with zero attached hydrogens (tertiary/aromatic N) is 1. The van der Waals surface area contributed by atoms with E-state index in [0.717, 1.165) is 18.9 Å². The maximum absolute atomic E-state index is 12.1. The number of carbonyl (C=O) groups is 2. The molecule has 0 bridgehead atoms. The minimum Gasteiger partial charge on any atom is -0.480 e. The number of rotatable bonds is 5. The molecule has 112 valence electrons. The van der Waals surface area contributed by atoms with Crippen LogP contribution in [0.4, 0.5) is 5.69 Å². The lowest BCUT2D eigenvalue weighted by Crippen LogP contribution is -2.54. The van der Waals surface area contributed by atoms with Crippen molar-refractivity contribution in [3.05, 3.63) is 38.9 Å². The molecule has 1 unspecified atom stereocenters. The second kappa shape index (κ2) is 5.33. The summed E-state index contributed by atoms with van der Waals surface area (Å²) in [5, 5.41) is 22.5. The fourth-order valence-corrected chi connectivity index (χ4v) is 2.28. The third-order valence-electron chi connectivity index (χ3n) is 3.62. The van der Waals surface area contributed by atoms with E-state index in [0.29, 0.717) is 0 Å². The molecular weight excluding hydrogens is 300 g/mol. The Bertz CT molecular complexity index is 629. The van der Waals surface area contributed by atoms with Crippen LogP contribution in [-0.2, 0) is 4.79 Å². The molecule has 0 spiro atoms. The van der Waals surface area contributed by atoms with E-state index in [1.54, 1.807) is 0 Å². The number of carbonyl (C=O) groups excluding carboxylic acids is 1. The lowest BCUT2D eigenvalue weighted by Gasteiger charge is -2.26. The molecule has 1 aromatic rings. The number of carboxylic acid groups (broad SMARTS) is 1. The van der Waals surface area contributed by atoms with Crippen LogP contribution in [0, 0.1) is 16.0 Å². The highest BCUT2D eigenvalue weighted by Gasteiger charge is 2.48. The summed E-state index contributed by atoms with van der Waals surface area (Å²) in [4.78, 5) is 33.6. The fourth-order valence-electron chi connectivity index (χ4n) is 2.09. The molecular formula is C13H13ClN2O5. The number of hydrogen-bond acceptors (Lipinski definition) is 4. The Morgan fingerprint density at radius 1 is 1.48 bits per heavy atom. The van der Waals surface area contributed by atoms with Crippen molar-refractivity contribution >= 4 is 29.2 Å². The van der Waals surface area contributed by atoms with Gasteiger partial charge in [0.05, 0.1) is 4.92 Å². The first kappa shape index (κ1) is 15.2. The van der Waals surface area contributed by atoms with Gasteiger partial charge in [0.15, 0.2) is 0 Å². The van der Waals surface area contributed by atoms with Crippen molar-refractivity contribution in [1.29, 1.82) is 0 Å². The molecule has 1 aromatic carbocycles. The molecule has 7 nitrogen and oxygen atoms in total. The standard InChI is InChI=1S/C13H13ClN2O5/c1-13(12(18)19,8-3-4-8)15-11(17)7-2-5-9(14)10(6-7)16(20)21/h2,5-6,8H,3-4H2,1H3,(H,15,17)(H,18,19). The average Bonchev–Trinajstić information content (AvgIpc) is 3.22. The van der Waals surface area contributed by atoms with Crippen molar-refractivity contribution in [2.45, 2.75) is 25.3 Å². The van der Waals surface area contributed by atoms with E-state index in [9.17, 15) is 24.8 Å². The highest BCUT2D eigenvalue weighted by atomic mass is 35.5. The topological polar surface area (TPSA) is 110 Å². The van der Waals surface area contributed by atoms with E-state index in [-0.39, 0.29) is 16.5 Å². The predicted octanol–water partition coefficient (Wildman–Crippen LogP) is 2.23. The minimum atomic E-state index is -1.37. The van der Waals surface area contributed by atoms with Gasteiger partial charge in [-0.25, -0.2) is 4.79 Å². The predicted molar refractivity (Wildman–Crippen MR) is 74.3 cm³/mol. The van der Waals surface area contributed by atoms with Gasteiger partial charge in [-0.05, 0) is 37.8 Å². The molecule has 0 aromatic heterocycles. The number of benzene rings is 1. The Labute approximate surface area is 125 Å². The molecule has 2 N–H and O–H groups in total. The van der Waals surface area contributed by atoms with Crippen molar-refractivity contribution in [2.75, 3.05) is 0 Å². The van der Waals surface area contributed by atoms with Crippen LogP contribution in [0.1, 0.15) is 30.1 Å². The van der Waals surface area contributed by atoms with Crippen molar-refractivity contribution in [1.82, 2.24) is 5.32 Å². The first-order valence-electron chi connectivity index (χ1n) is 6.25. The number of carboxylic acids is 1. The largest absolute Gasteiger partial charge is 0.480 e. The normalized spacial score (nSPS) is 16.9. The fraction of sp³-hybridized carbons (Fsp3) is 0.385. The van der Waals surface area contributed by atoms with Crippen LogP contribution >= 0.6 is 11.6 Å². The summed E-state index contributed by atoms with van der Waals surface area (Å²) < 4.78 is 0. The van der Waals surface area contributed by atoms with Gasteiger partial charge in [-0.3, -0.25) is 14.9 Å². The molecule has 1 atom stereocenters. The third-order valence-corrected chi connectivity index (χ3v) is 3.94. The zero-order valence-electron chi connectivity index (χ0n) is 11.1. The third kappa shape index (κ3) is 2.97. The van der Waals surface area contributed by atoms with Crippen LogP contribution in [0.25, 0.3) is 0 Å². The summed E-state index contributed by atoms with van der Waals surface area (Å²) in [6, 6.07) is 3.59. The molecule has 0 radical (unpaired) electrons. The van der Waals surface area contributed by atoms with Crippen LogP contribution in [0.2, 0.25) is 5.02 Å². The van der Waals surface area contributed by atoms with Gasteiger partial charge in [0.25, 0.3) is 11.6 Å².